The van der Waals surface area contributed by atoms with Crippen LogP contribution in [0.25, 0.3) is 0 Å². The van der Waals surface area contributed by atoms with Crippen LogP contribution in [0.4, 0.5) is 0 Å². The van der Waals surface area contributed by atoms with Gasteiger partial charge in [-0.05, 0) is 18.9 Å². The van der Waals surface area contributed by atoms with Gasteiger partial charge in [-0.15, -0.1) is 5.10 Å². The average molecular weight is 285 g/mol. The number of benzene rings is 1. The van der Waals surface area contributed by atoms with E-state index >= 15 is 0 Å². The summed E-state index contributed by atoms with van der Waals surface area (Å²) in [5, 5.41) is 14.0. The Balaban J connectivity index is 1.50. The maximum Gasteiger partial charge on any atom is 0.273 e. The normalized spacial score (nSPS) is 14.7. The average Bonchev–Trinajstić information content (AvgIpc) is 2.86. The lowest BCUT2D eigenvalue weighted by Crippen LogP contribution is -2.43. The zero-order chi connectivity index (χ0) is 14.7. The van der Waals surface area contributed by atoms with Gasteiger partial charge in [0, 0.05) is 19.6 Å². The molecule has 0 spiro atoms. The summed E-state index contributed by atoms with van der Waals surface area (Å²) in [6.07, 6.45) is 2.53. The highest BCUT2D eigenvalue weighted by molar-refractivity contribution is 5.91. The van der Waals surface area contributed by atoms with Crippen molar-refractivity contribution in [3.05, 3.63) is 47.3 Å². The van der Waals surface area contributed by atoms with Gasteiger partial charge in [-0.3, -0.25) is 4.79 Å². The molecule has 1 aromatic carbocycles. The number of carbonyl (C=O) groups is 1. The monoisotopic (exact) mass is 285 g/mol. The van der Waals surface area contributed by atoms with Crippen LogP contribution in [0.5, 0.6) is 0 Å². The Kier molecular flexibility index (Phi) is 3.96. The molecule has 1 aliphatic rings. The van der Waals surface area contributed by atoms with Gasteiger partial charge in [0.25, 0.3) is 5.91 Å². The molecule has 1 fully saturated rings. The highest BCUT2D eigenvalue weighted by Gasteiger charge is 2.21. The van der Waals surface area contributed by atoms with Crippen LogP contribution in [-0.2, 0) is 6.42 Å². The van der Waals surface area contributed by atoms with Gasteiger partial charge in [-0.1, -0.05) is 35.0 Å². The van der Waals surface area contributed by atoms with Crippen molar-refractivity contribution in [1.82, 2.24) is 25.6 Å². The molecule has 3 rings (SSSR count). The Morgan fingerprint density at radius 1 is 1.48 bits per heavy atom. The molecule has 6 nitrogen and oxygen atoms in total. The molecule has 2 heterocycles. The van der Waals surface area contributed by atoms with Gasteiger partial charge in [-0.25, -0.2) is 4.68 Å². The van der Waals surface area contributed by atoms with E-state index in [9.17, 15) is 4.79 Å². The molecule has 1 saturated heterocycles. The Labute approximate surface area is 123 Å². The fraction of sp³-hybridized carbons (Fsp3) is 0.400. The topological polar surface area (TPSA) is 71.8 Å². The van der Waals surface area contributed by atoms with Crippen LogP contribution in [0, 0.1) is 6.92 Å². The first-order chi connectivity index (χ1) is 10.2. The standard InChI is InChI=1S/C15H19N5O/c1-11-3-2-4-12(7-11)5-6-17-15(21)14-10-20(19-18-14)13-8-16-9-13/h2-4,7,10,13,16H,5-6,8-9H2,1H3,(H,17,21). The van der Waals surface area contributed by atoms with Gasteiger partial charge in [0.15, 0.2) is 5.69 Å². The lowest BCUT2D eigenvalue weighted by atomic mass is 10.1. The van der Waals surface area contributed by atoms with Crippen molar-refractivity contribution in [3.8, 4) is 0 Å². The first-order valence-corrected chi connectivity index (χ1v) is 7.18. The zero-order valence-electron chi connectivity index (χ0n) is 12.0. The molecule has 110 valence electrons. The molecular formula is C15H19N5O. The van der Waals surface area contributed by atoms with Crippen LogP contribution < -0.4 is 10.6 Å². The minimum atomic E-state index is -0.166. The first kappa shape index (κ1) is 13.8. The molecule has 0 unspecified atom stereocenters. The second kappa shape index (κ2) is 6.05. The second-order valence-corrected chi connectivity index (χ2v) is 5.39. The number of hydrogen-bond acceptors (Lipinski definition) is 4. The number of rotatable bonds is 5. The van der Waals surface area contributed by atoms with Gasteiger partial charge in [0.2, 0.25) is 0 Å². The molecule has 1 aromatic heterocycles. The van der Waals surface area contributed by atoms with E-state index in [0.717, 1.165) is 19.5 Å². The quantitative estimate of drug-likeness (QED) is 0.848. The highest BCUT2D eigenvalue weighted by atomic mass is 16.2. The van der Waals surface area contributed by atoms with Crippen LogP contribution in [0.2, 0.25) is 0 Å². The third-order valence-corrected chi connectivity index (χ3v) is 3.66. The number of carbonyl (C=O) groups excluding carboxylic acids is 1. The molecule has 21 heavy (non-hydrogen) atoms. The fourth-order valence-corrected chi connectivity index (χ4v) is 2.30. The van der Waals surface area contributed by atoms with Gasteiger partial charge in [0.05, 0.1) is 12.2 Å². The number of nitrogens with zero attached hydrogens (tertiary/aromatic N) is 3. The summed E-state index contributed by atoms with van der Waals surface area (Å²) < 4.78 is 1.76. The number of aryl methyl sites for hydroxylation is 1. The molecule has 0 atom stereocenters. The molecule has 0 saturated carbocycles. The molecule has 6 heteroatoms. The van der Waals surface area contributed by atoms with Crippen molar-refractivity contribution in [1.29, 1.82) is 0 Å². The first-order valence-electron chi connectivity index (χ1n) is 7.18. The minimum absolute atomic E-state index is 0.166. The number of hydrogen-bond donors (Lipinski definition) is 2. The second-order valence-electron chi connectivity index (χ2n) is 5.39. The number of aromatic nitrogens is 3. The van der Waals surface area contributed by atoms with Crippen molar-refractivity contribution in [3.63, 3.8) is 0 Å². The third kappa shape index (κ3) is 3.28. The van der Waals surface area contributed by atoms with Gasteiger partial charge < -0.3 is 10.6 Å². The van der Waals surface area contributed by atoms with E-state index in [0.29, 0.717) is 18.3 Å². The van der Waals surface area contributed by atoms with Crippen LogP contribution in [0.3, 0.4) is 0 Å². The predicted octanol–water partition coefficient (Wildman–Crippen LogP) is 0.703. The highest BCUT2D eigenvalue weighted by Crippen LogP contribution is 2.09. The molecule has 2 N–H and O–H groups in total. The van der Waals surface area contributed by atoms with E-state index in [1.807, 2.05) is 6.07 Å². The summed E-state index contributed by atoms with van der Waals surface area (Å²) in [5.74, 6) is -0.166. The molecule has 1 aliphatic heterocycles. The third-order valence-electron chi connectivity index (χ3n) is 3.66. The predicted molar refractivity (Wildman–Crippen MR) is 79.1 cm³/mol. The molecule has 0 aliphatic carbocycles. The molecule has 1 amide bonds. The molecule has 0 radical (unpaired) electrons. The number of nitrogens with one attached hydrogen (secondary N) is 2. The van der Waals surface area contributed by atoms with Crippen molar-refractivity contribution >= 4 is 5.91 Å². The van der Waals surface area contributed by atoms with E-state index in [-0.39, 0.29) is 5.91 Å². The maximum absolute atomic E-state index is 12.0. The van der Waals surface area contributed by atoms with Crippen molar-refractivity contribution in [2.45, 2.75) is 19.4 Å². The van der Waals surface area contributed by atoms with Gasteiger partial charge in [0.1, 0.15) is 0 Å². The van der Waals surface area contributed by atoms with Crippen molar-refractivity contribution in [2.24, 2.45) is 0 Å². The van der Waals surface area contributed by atoms with Crippen molar-refractivity contribution < 1.29 is 4.79 Å². The minimum Gasteiger partial charge on any atom is -0.350 e. The maximum atomic E-state index is 12.0. The number of amides is 1. The molecule has 2 aromatic rings. The summed E-state index contributed by atoms with van der Waals surface area (Å²) in [7, 11) is 0. The van der Waals surface area contributed by atoms with Crippen LogP contribution in [0.15, 0.2) is 30.5 Å². The van der Waals surface area contributed by atoms with E-state index in [1.54, 1.807) is 10.9 Å². The SMILES string of the molecule is Cc1cccc(CCNC(=O)c2cn(C3CNC3)nn2)c1. The summed E-state index contributed by atoms with van der Waals surface area (Å²) in [5.41, 5.74) is 2.83. The van der Waals surface area contributed by atoms with E-state index in [2.05, 4.69) is 46.1 Å². The van der Waals surface area contributed by atoms with Crippen molar-refractivity contribution in [2.75, 3.05) is 19.6 Å². The summed E-state index contributed by atoms with van der Waals surface area (Å²) >= 11 is 0. The fourth-order valence-electron chi connectivity index (χ4n) is 2.30. The molecular weight excluding hydrogens is 266 g/mol. The lowest BCUT2D eigenvalue weighted by Gasteiger charge is -2.26. The zero-order valence-corrected chi connectivity index (χ0v) is 12.0. The summed E-state index contributed by atoms with van der Waals surface area (Å²) in [6, 6.07) is 8.62. The smallest absolute Gasteiger partial charge is 0.273 e. The molecule has 0 bridgehead atoms. The Hall–Kier alpha value is -2.21. The van der Waals surface area contributed by atoms with Crippen LogP contribution >= 0.6 is 0 Å². The summed E-state index contributed by atoms with van der Waals surface area (Å²) in [4.78, 5) is 12.0. The summed E-state index contributed by atoms with van der Waals surface area (Å²) in [6.45, 7) is 4.44. The Morgan fingerprint density at radius 3 is 3.05 bits per heavy atom. The van der Waals surface area contributed by atoms with Gasteiger partial charge in [-0.2, -0.15) is 0 Å². The van der Waals surface area contributed by atoms with E-state index < -0.39 is 0 Å². The Morgan fingerprint density at radius 2 is 2.33 bits per heavy atom. The van der Waals surface area contributed by atoms with E-state index in [1.165, 1.54) is 11.1 Å². The largest absolute Gasteiger partial charge is 0.350 e. The Bertz CT molecular complexity index is 632. The van der Waals surface area contributed by atoms with Gasteiger partial charge >= 0.3 is 0 Å². The van der Waals surface area contributed by atoms with E-state index in [4.69, 9.17) is 0 Å². The lowest BCUT2D eigenvalue weighted by molar-refractivity contribution is 0.0949. The van der Waals surface area contributed by atoms with Crippen LogP contribution in [-0.4, -0.2) is 40.5 Å². The van der Waals surface area contributed by atoms with Crippen LogP contribution in [0.1, 0.15) is 27.7 Å².